The zero-order valence-corrected chi connectivity index (χ0v) is 8.25. The molecule has 1 aliphatic rings. The molecule has 1 rings (SSSR count). The largest absolute Gasteiger partial charge is 0.480 e. The molecule has 1 atom stereocenters. The molecule has 1 aliphatic heterocycles. The summed E-state index contributed by atoms with van der Waals surface area (Å²) in [6, 6.07) is -1.08. The molecule has 1 saturated heterocycles. The Hall–Kier alpha value is -1.31. The van der Waals surface area contributed by atoms with Gasteiger partial charge < -0.3 is 10.4 Å². The van der Waals surface area contributed by atoms with Gasteiger partial charge in [-0.2, -0.15) is 13.2 Å². The van der Waals surface area contributed by atoms with Gasteiger partial charge in [-0.05, 0) is 0 Å². The molecule has 0 radical (unpaired) electrons. The topological polar surface area (TPSA) is 69.6 Å². The molecule has 0 spiro atoms. The lowest BCUT2D eigenvalue weighted by atomic mass is 10.2. The van der Waals surface area contributed by atoms with E-state index in [-0.39, 0.29) is 13.1 Å². The van der Waals surface area contributed by atoms with Crippen LogP contribution in [0.5, 0.6) is 0 Å². The summed E-state index contributed by atoms with van der Waals surface area (Å²) >= 11 is 0. The van der Waals surface area contributed by atoms with E-state index in [1.54, 1.807) is 0 Å². The number of nitrogens with one attached hydrogen (secondary N) is 1. The molecule has 0 aromatic rings. The molecule has 92 valence electrons. The van der Waals surface area contributed by atoms with Gasteiger partial charge in [0.1, 0.15) is 6.04 Å². The Morgan fingerprint density at radius 2 is 2.19 bits per heavy atom. The van der Waals surface area contributed by atoms with Crippen LogP contribution in [0.15, 0.2) is 0 Å². The van der Waals surface area contributed by atoms with Crippen LogP contribution in [-0.4, -0.2) is 53.7 Å². The normalized spacial score (nSPS) is 22.9. The number of hydrogen-bond donors (Lipinski definition) is 2. The van der Waals surface area contributed by atoms with E-state index in [1.165, 1.54) is 0 Å². The zero-order valence-electron chi connectivity index (χ0n) is 8.25. The molecule has 1 unspecified atom stereocenters. The average molecular weight is 240 g/mol. The zero-order chi connectivity index (χ0) is 12.3. The van der Waals surface area contributed by atoms with Crippen molar-refractivity contribution in [3.05, 3.63) is 0 Å². The highest BCUT2D eigenvalue weighted by molar-refractivity contribution is 5.83. The summed E-state index contributed by atoms with van der Waals surface area (Å²) in [7, 11) is 0. The fourth-order valence-corrected chi connectivity index (χ4v) is 1.44. The van der Waals surface area contributed by atoms with Gasteiger partial charge in [-0.25, -0.2) is 0 Å². The van der Waals surface area contributed by atoms with Crippen molar-refractivity contribution in [1.82, 2.24) is 10.2 Å². The van der Waals surface area contributed by atoms with Gasteiger partial charge in [0.05, 0.1) is 13.0 Å². The number of rotatable bonds is 3. The van der Waals surface area contributed by atoms with Crippen LogP contribution in [0.2, 0.25) is 0 Å². The molecule has 1 heterocycles. The van der Waals surface area contributed by atoms with Crippen molar-refractivity contribution in [1.29, 1.82) is 0 Å². The third-order valence-electron chi connectivity index (χ3n) is 2.25. The third kappa shape index (κ3) is 3.69. The highest BCUT2D eigenvalue weighted by Gasteiger charge is 2.35. The fraction of sp³-hybridized carbons (Fsp3) is 0.750. The summed E-state index contributed by atoms with van der Waals surface area (Å²) in [4.78, 5) is 22.7. The van der Waals surface area contributed by atoms with Crippen molar-refractivity contribution in [2.75, 3.05) is 19.6 Å². The van der Waals surface area contributed by atoms with E-state index in [2.05, 4.69) is 5.32 Å². The van der Waals surface area contributed by atoms with E-state index >= 15 is 0 Å². The van der Waals surface area contributed by atoms with Crippen LogP contribution < -0.4 is 5.32 Å². The minimum Gasteiger partial charge on any atom is -0.480 e. The second kappa shape index (κ2) is 4.69. The lowest BCUT2D eigenvalue weighted by molar-refractivity contribution is -0.153. The van der Waals surface area contributed by atoms with Crippen molar-refractivity contribution < 1.29 is 27.9 Å². The van der Waals surface area contributed by atoms with Crippen LogP contribution in [0.3, 0.4) is 0 Å². The second-order valence-electron chi connectivity index (χ2n) is 3.49. The first kappa shape index (κ1) is 12.8. The summed E-state index contributed by atoms with van der Waals surface area (Å²) in [5.74, 6) is -1.69. The summed E-state index contributed by atoms with van der Waals surface area (Å²) in [5.41, 5.74) is 0. The number of amides is 1. The molecule has 1 fully saturated rings. The number of hydrogen-bond acceptors (Lipinski definition) is 3. The average Bonchev–Trinajstić information content (AvgIpc) is 2.13. The number of halogens is 3. The second-order valence-corrected chi connectivity index (χ2v) is 3.49. The molecule has 16 heavy (non-hydrogen) atoms. The van der Waals surface area contributed by atoms with Crippen molar-refractivity contribution in [2.45, 2.75) is 18.6 Å². The van der Waals surface area contributed by atoms with Crippen LogP contribution in [-0.2, 0) is 9.59 Å². The molecule has 1 amide bonds. The molecule has 0 bridgehead atoms. The van der Waals surface area contributed by atoms with Crippen molar-refractivity contribution >= 4 is 11.9 Å². The maximum atomic E-state index is 12.0. The van der Waals surface area contributed by atoms with E-state index in [0.717, 1.165) is 4.90 Å². The predicted octanol–water partition coefficient (Wildman–Crippen LogP) is -0.176. The minimum atomic E-state index is -4.35. The Bertz CT molecular complexity index is 293. The number of carbonyl (C=O) groups is 2. The smallest absolute Gasteiger partial charge is 0.390 e. The van der Waals surface area contributed by atoms with Crippen LogP contribution in [0.1, 0.15) is 6.42 Å². The lowest BCUT2D eigenvalue weighted by Crippen LogP contribution is -2.57. The Labute approximate surface area is 89.2 Å². The summed E-state index contributed by atoms with van der Waals surface area (Å²) < 4.78 is 35.9. The van der Waals surface area contributed by atoms with Gasteiger partial charge in [0.2, 0.25) is 5.91 Å². The van der Waals surface area contributed by atoms with Crippen LogP contribution in [0, 0.1) is 0 Å². The number of alkyl halides is 3. The standard InChI is InChI=1S/C8H11F3N2O3/c9-8(10,11)1-2-13-4-6(14)12-3-5(13)7(15)16/h5H,1-4H2,(H,12,14)(H,15,16). The third-order valence-corrected chi connectivity index (χ3v) is 2.25. The lowest BCUT2D eigenvalue weighted by Gasteiger charge is -2.32. The molecule has 0 aromatic carbocycles. The van der Waals surface area contributed by atoms with E-state index in [4.69, 9.17) is 5.11 Å². The molecular weight excluding hydrogens is 229 g/mol. The number of carboxylic acids is 1. The number of carboxylic acid groups (broad SMARTS) is 1. The van der Waals surface area contributed by atoms with Gasteiger partial charge in [-0.15, -0.1) is 0 Å². The molecule has 2 N–H and O–H groups in total. The van der Waals surface area contributed by atoms with Gasteiger partial charge >= 0.3 is 12.1 Å². The number of piperazine rings is 1. The van der Waals surface area contributed by atoms with Gasteiger partial charge in [-0.3, -0.25) is 14.5 Å². The number of nitrogens with zero attached hydrogens (tertiary/aromatic N) is 1. The van der Waals surface area contributed by atoms with Crippen molar-refractivity contribution in [2.24, 2.45) is 0 Å². The van der Waals surface area contributed by atoms with Crippen LogP contribution >= 0.6 is 0 Å². The predicted molar refractivity (Wildman–Crippen MR) is 46.7 cm³/mol. The first-order chi connectivity index (χ1) is 7.29. The Kier molecular flexibility index (Phi) is 3.74. The van der Waals surface area contributed by atoms with Crippen molar-refractivity contribution in [3.63, 3.8) is 0 Å². The van der Waals surface area contributed by atoms with E-state index < -0.39 is 37.1 Å². The molecule has 0 aliphatic carbocycles. The SMILES string of the molecule is O=C1CN(CCC(F)(F)F)C(C(=O)O)CN1. The fourth-order valence-electron chi connectivity index (χ4n) is 1.44. The van der Waals surface area contributed by atoms with Gasteiger partial charge in [0.25, 0.3) is 0 Å². The maximum Gasteiger partial charge on any atom is 0.390 e. The first-order valence-electron chi connectivity index (χ1n) is 4.60. The Morgan fingerprint density at radius 1 is 1.56 bits per heavy atom. The molecule has 5 nitrogen and oxygen atoms in total. The number of carbonyl (C=O) groups excluding carboxylic acids is 1. The van der Waals surface area contributed by atoms with E-state index in [1.807, 2.05) is 0 Å². The highest BCUT2D eigenvalue weighted by atomic mass is 19.4. The summed E-state index contributed by atoms with van der Waals surface area (Å²) in [5, 5.41) is 11.0. The molecule has 0 aromatic heterocycles. The minimum absolute atomic E-state index is 0.161. The highest BCUT2D eigenvalue weighted by Crippen LogP contribution is 2.20. The number of aliphatic carboxylic acids is 1. The van der Waals surface area contributed by atoms with Gasteiger partial charge in [0.15, 0.2) is 0 Å². The molecule has 0 saturated carbocycles. The molecular formula is C8H11F3N2O3. The van der Waals surface area contributed by atoms with Crippen LogP contribution in [0.25, 0.3) is 0 Å². The van der Waals surface area contributed by atoms with E-state index in [0.29, 0.717) is 0 Å². The van der Waals surface area contributed by atoms with E-state index in [9.17, 15) is 22.8 Å². The Morgan fingerprint density at radius 3 is 2.69 bits per heavy atom. The summed E-state index contributed by atoms with van der Waals surface area (Å²) in [6.45, 7) is -0.951. The van der Waals surface area contributed by atoms with Gasteiger partial charge in [-0.1, -0.05) is 0 Å². The monoisotopic (exact) mass is 240 g/mol. The first-order valence-corrected chi connectivity index (χ1v) is 4.60. The summed E-state index contributed by atoms with van der Waals surface area (Å²) in [6.07, 6.45) is -5.47. The maximum absolute atomic E-state index is 12.0. The van der Waals surface area contributed by atoms with Gasteiger partial charge in [0, 0.05) is 13.1 Å². The quantitative estimate of drug-likeness (QED) is 0.718. The van der Waals surface area contributed by atoms with Crippen molar-refractivity contribution in [3.8, 4) is 0 Å². The van der Waals surface area contributed by atoms with Crippen LogP contribution in [0.4, 0.5) is 13.2 Å². The Balaban J connectivity index is 2.58. The molecule has 8 heteroatoms.